The summed E-state index contributed by atoms with van der Waals surface area (Å²) in [6, 6.07) is 0.287. The van der Waals surface area contributed by atoms with E-state index in [9.17, 15) is 8.78 Å². The Kier molecular flexibility index (Phi) is 2.72. The quantitative estimate of drug-likeness (QED) is 0.704. The molecule has 82 valence electrons. The standard InChI is InChI=1S/C9H16F2N2O/c10-9(11)1-2-13(7-9)8-5-12(6-8)3-4-14/h8,14H,1-7H2. The lowest BCUT2D eigenvalue weighted by Gasteiger charge is -2.43. The van der Waals surface area contributed by atoms with Gasteiger partial charge in [-0.15, -0.1) is 0 Å². The van der Waals surface area contributed by atoms with Crippen LogP contribution in [0.3, 0.4) is 0 Å². The van der Waals surface area contributed by atoms with E-state index >= 15 is 0 Å². The van der Waals surface area contributed by atoms with Crippen LogP contribution in [0.25, 0.3) is 0 Å². The normalized spacial score (nSPS) is 29.4. The zero-order valence-corrected chi connectivity index (χ0v) is 8.12. The molecule has 0 aromatic rings. The largest absolute Gasteiger partial charge is 0.395 e. The van der Waals surface area contributed by atoms with Gasteiger partial charge in [-0.2, -0.15) is 0 Å². The smallest absolute Gasteiger partial charge is 0.261 e. The summed E-state index contributed by atoms with van der Waals surface area (Å²) in [5.41, 5.74) is 0. The Morgan fingerprint density at radius 2 is 2.07 bits per heavy atom. The molecule has 2 aliphatic rings. The molecule has 0 aromatic heterocycles. The first kappa shape index (κ1) is 10.3. The van der Waals surface area contributed by atoms with Gasteiger partial charge >= 0.3 is 0 Å². The maximum absolute atomic E-state index is 12.9. The molecular weight excluding hydrogens is 190 g/mol. The highest BCUT2D eigenvalue weighted by atomic mass is 19.3. The van der Waals surface area contributed by atoms with Crippen LogP contribution in [-0.4, -0.2) is 66.2 Å². The number of halogens is 2. The maximum Gasteiger partial charge on any atom is 0.261 e. The number of nitrogens with zero attached hydrogens (tertiary/aromatic N) is 2. The van der Waals surface area contributed by atoms with Gasteiger partial charge in [0.05, 0.1) is 13.2 Å². The first-order valence-corrected chi connectivity index (χ1v) is 5.06. The first-order valence-electron chi connectivity index (χ1n) is 5.06. The van der Waals surface area contributed by atoms with Crippen LogP contribution in [0, 0.1) is 0 Å². The van der Waals surface area contributed by atoms with Gasteiger partial charge in [-0.3, -0.25) is 9.80 Å². The van der Waals surface area contributed by atoms with Crippen molar-refractivity contribution in [1.82, 2.24) is 9.80 Å². The maximum atomic E-state index is 12.9. The Morgan fingerprint density at radius 3 is 2.57 bits per heavy atom. The highest BCUT2D eigenvalue weighted by Crippen LogP contribution is 2.30. The van der Waals surface area contributed by atoms with Crippen molar-refractivity contribution in [3.05, 3.63) is 0 Å². The molecule has 2 rings (SSSR count). The lowest BCUT2D eigenvalue weighted by atomic mass is 10.1. The number of hydrogen-bond donors (Lipinski definition) is 1. The number of hydrogen-bond acceptors (Lipinski definition) is 3. The highest BCUT2D eigenvalue weighted by molar-refractivity contribution is 4.93. The van der Waals surface area contributed by atoms with Gasteiger partial charge < -0.3 is 5.11 Å². The van der Waals surface area contributed by atoms with Crippen LogP contribution in [0.5, 0.6) is 0 Å². The second-order valence-corrected chi connectivity index (χ2v) is 4.21. The van der Waals surface area contributed by atoms with E-state index in [1.807, 2.05) is 4.90 Å². The molecule has 0 radical (unpaired) electrons. The average molecular weight is 206 g/mol. The molecule has 0 amide bonds. The molecule has 2 fully saturated rings. The Labute approximate surface area is 82.3 Å². The number of alkyl halides is 2. The minimum absolute atomic E-state index is 0.00347. The second kappa shape index (κ2) is 3.72. The van der Waals surface area contributed by atoms with Gasteiger partial charge in [0.25, 0.3) is 5.92 Å². The van der Waals surface area contributed by atoms with Crippen molar-refractivity contribution in [2.45, 2.75) is 18.4 Å². The summed E-state index contributed by atoms with van der Waals surface area (Å²) in [5.74, 6) is -2.47. The Hall–Kier alpha value is -0.260. The Morgan fingerprint density at radius 1 is 1.36 bits per heavy atom. The molecule has 0 aromatic carbocycles. The predicted molar refractivity (Wildman–Crippen MR) is 48.5 cm³/mol. The van der Waals surface area contributed by atoms with Crippen LogP contribution >= 0.6 is 0 Å². The third-order valence-corrected chi connectivity index (χ3v) is 3.07. The minimum Gasteiger partial charge on any atom is -0.395 e. The number of rotatable bonds is 3. The average Bonchev–Trinajstić information content (AvgIpc) is 2.37. The van der Waals surface area contributed by atoms with E-state index in [1.54, 1.807) is 0 Å². The number of aliphatic hydroxyl groups excluding tert-OH is 1. The third kappa shape index (κ3) is 2.04. The molecule has 0 unspecified atom stereocenters. The fourth-order valence-corrected chi connectivity index (χ4v) is 2.17. The van der Waals surface area contributed by atoms with Crippen molar-refractivity contribution in [1.29, 1.82) is 0 Å². The second-order valence-electron chi connectivity index (χ2n) is 4.21. The van der Waals surface area contributed by atoms with Gasteiger partial charge in [0.2, 0.25) is 0 Å². The van der Waals surface area contributed by atoms with Crippen molar-refractivity contribution < 1.29 is 13.9 Å². The van der Waals surface area contributed by atoms with Crippen LogP contribution in [-0.2, 0) is 0 Å². The van der Waals surface area contributed by atoms with E-state index in [4.69, 9.17) is 5.11 Å². The predicted octanol–water partition coefficient (Wildman–Crippen LogP) is 0.00390. The summed E-state index contributed by atoms with van der Waals surface area (Å²) in [5, 5.41) is 8.66. The van der Waals surface area contributed by atoms with E-state index in [-0.39, 0.29) is 25.6 Å². The van der Waals surface area contributed by atoms with Crippen LogP contribution in [0.15, 0.2) is 0 Å². The lowest BCUT2D eigenvalue weighted by Crippen LogP contribution is -2.59. The summed E-state index contributed by atoms with van der Waals surface area (Å²) >= 11 is 0. The summed E-state index contributed by atoms with van der Waals surface area (Å²) in [6.45, 7) is 2.92. The minimum atomic E-state index is -2.47. The molecule has 3 nitrogen and oxygen atoms in total. The van der Waals surface area contributed by atoms with Gasteiger partial charge in [0.1, 0.15) is 0 Å². The number of aliphatic hydroxyl groups is 1. The van der Waals surface area contributed by atoms with Crippen LogP contribution in [0.1, 0.15) is 6.42 Å². The zero-order chi connectivity index (χ0) is 10.2. The van der Waals surface area contributed by atoms with E-state index in [0.29, 0.717) is 13.1 Å². The van der Waals surface area contributed by atoms with Crippen molar-refractivity contribution in [2.24, 2.45) is 0 Å². The molecule has 0 bridgehead atoms. The monoisotopic (exact) mass is 206 g/mol. The van der Waals surface area contributed by atoms with Crippen LogP contribution in [0.2, 0.25) is 0 Å². The summed E-state index contributed by atoms with van der Waals surface area (Å²) in [6.07, 6.45) is 0.00347. The topological polar surface area (TPSA) is 26.7 Å². The molecule has 2 heterocycles. The van der Waals surface area contributed by atoms with Gasteiger partial charge in [-0.05, 0) is 0 Å². The van der Waals surface area contributed by atoms with Crippen molar-refractivity contribution in [3.63, 3.8) is 0 Å². The third-order valence-electron chi connectivity index (χ3n) is 3.07. The highest BCUT2D eigenvalue weighted by Gasteiger charge is 2.43. The van der Waals surface area contributed by atoms with Gasteiger partial charge in [0.15, 0.2) is 0 Å². The molecule has 0 atom stereocenters. The van der Waals surface area contributed by atoms with E-state index in [0.717, 1.165) is 13.1 Å². The summed E-state index contributed by atoms with van der Waals surface area (Å²) in [7, 11) is 0. The van der Waals surface area contributed by atoms with Crippen LogP contribution < -0.4 is 0 Å². The summed E-state index contributed by atoms with van der Waals surface area (Å²) < 4.78 is 25.7. The van der Waals surface area contributed by atoms with E-state index < -0.39 is 5.92 Å². The van der Waals surface area contributed by atoms with Crippen molar-refractivity contribution in [3.8, 4) is 0 Å². The molecule has 0 aliphatic carbocycles. The fraction of sp³-hybridized carbons (Fsp3) is 1.00. The molecule has 2 saturated heterocycles. The first-order chi connectivity index (χ1) is 6.61. The van der Waals surface area contributed by atoms with E-state index in [1.165, 1.54) is 0 Å². The lowest BCUT2D eigenvalue weighted by molar-refractivity contribution is -0.0144. The van der Waals surface area contributed by atoms with Gasteiger partial charge in [0, 0.05) is 38.6 Å². The van der Waals surface area contributed by atoms with Gasteiger partial charge in [-0.1, -0.05) is 0 Å². The fourth-order valence-electron chi connectivity index (χ4n) is 2.17. The zero-order valence-electron chi connectivity index (χ0n) is 8.12. The Bertz CT molecular complexity index is 207. The molecule has 14 heavy (non-hydrogen) atoms. The molecule has 0 saturated carbocycles. The molecule has 1 N–H and O–H groups in total. The number of β-amino-alcohol motifs (C(OH)–C–C–N with tert-alkyl or cyclic N) is 1. The molecular formula is C9H16F2N2O. The summed E-state index contributed by atoms with van der Waals surface area (Å²) in [4.78, 5) is 3.95. The molecule has 2 aliphatic heterocycles. The SMILES string of the molecule is OCCN1CC(N2CCC(F)(F)C2)C1. The van der Waals surface area contributed by atoms with E-state index in [2.05, 4.69) is 4.90 Å². The molecule has 5 heteroatoms. The van der Waals surface area contributed by atoms with Gasteiger partial charge in [-0.25, -0.2) is 8.78 Å². The van der Waals surface area contributed by atoms with Crippen LogP contribution in [0.4, 0.5) is 8.78 Å². The van der Waals surface area contributed by atoms with Crippen molar-refractivity contribution in [2.75, 3.05) is 39.3 Å². The molecule has 0 spiro atoms. The Balaban J connectivity index is 1.73. The van der Waals surface area contributed by atoms with Crippen molar-refractivity contribution >= 4 is 0 Å². The number of likely N-dealkylation sites (tertiary alicyclic amines) is 2.